The van der Waals surface area contributed by atoms with Crippen LogP contribution < -0.4 is 0 Å². The third-order valence-electron chi connectivity index (χ3n) is 6.89. The number of rotatable bonds is 4. The van der Waals surface area contributed by atoms with E-state index in [0.717, 1.165) is 51.7 Å². The molecule has 1 amide bonds. The van der Waals surface area contributed by atoms with Crippen molar-refractivity contribution in [2.75, 3.05) is 46.4 Å². The maximum atomic E-state index is 13.4. The maximum Gasteiger partial charge on any atom is 0.229 e. The SMILES string of the molecule is CN1CCC[C@H](c2cccc(CC3(C(=O)N4CCCC4)CCOCC3)c2)C1. The fraction of sp³-hybridized carbons (Fsp3) is 0.696. The van der Waals surface area contributed by atoms with Crippen LogP contribution in [0.1, 0.15) is 55.6 Å². The molecule has 0 bridgehead atoms. The molecule has 0 saturated carbocycles. The van der Waals surface area contributed by atoms with Gasteiger partial charge in [0.25, 0.3) is 0 Å². The standard InChI is InChI=1S/C23H34N2O2/c1-24-11-5-8-21(18-24)20-7-4-6-19(16-20)17-23(9-14-27-15-10-23)22(26)25-12-2-3-13-25/h4,6-7,16,21H,2-3,5,8-15,17-18H2,1H3/t21-/m0/s1. The molecule has 3 aliphatic heterocycles. The molecule has 1 atom stereocenters. The van der Waals surface area contributed by atoms with E-state index in [1.54, 1.807) is 0 Å². The van der Waals surface area contributed by atoms with E-state index in [4.69, 9.17) is 4.74 Å². The van der Waals surface area contributed by atoms with Crippen LogP contribution in [0.15, 0.2) is 24.3 Å². The van der Waals surface area contributed by atoms with Crippen molar-refractivity contribution >= 4 is 5.91 Å². The van der Waals surface area contributed by atoms with Gasteiger partial charge in [0.1, 0.15) is 0 Å². The number of nitrogens with zero attached hydrogens (tertiary/aromatic N) is 2. The van der Waals surface area contributed by atoms with Gasteiger partial charge in [-0.15, -0.1) is 0 Å². The Morgan fingerprint density at radius 1 is 1.15 bits per heavy atom. The van der Waals surface area contributed by atoms with Gasteiger partial charge < -0.3 is 14.5 Å². The smallest absolute Gasteiger partial charge is 0.229 e. The summed E-state index contributed by atoms with van der Waals surface area (Å²) >= 11 is 0. The lowest BCUT2D eigenvalue weighted by molar-refractivity contribution is -0.146. The van der Waals surface area contributed by atoms with Crippen LogP contribution in [-0.4, -0.2) is 62.1 Å². The minimum absolute atomic E-state index is 0.259. The van der Waals surface area contributed by atoms with Crippen LogP contribution in [0.3, 0.4) is 0 Å². The molecule has 0 aromatic heterocycles. The molecular formula is C23H34N2O2. The largest absolute Gasteiger partial charge is 0.381 e. The molecule has 3 heterocycles. The van der Waals surface area contributed by atoms with Crippen LogP contribution in [0.5, 0.6) is 0 Å². The number of carbonyl (C=O) groups excluding carboxylic acids is 1. The van der Waals surface area contributed by atoms with E-state index in [1.807, 2.05) is 0 Å². The number of hydrogen-bond donors (Lipinski definition) is 0. The van der Waals surface area contributed by atoms with Gasteiger partial charge in [-0.25, -0.2) is 0 Å². The van der Waals surface area contributed by atoms with Gasteiger partial charge in [-0.05, 0) is 75.6 Å². The average molecular weight is 371 g/mol. The van der Waals surface area contributed by atoms with Gasteiger partial charge >= 0.3 is 0 Å². The predicted octanol–water partition coefficient (Wildman–Crippen LogP) is 3.46. The minimum Gasteiger partial charge on any atom is -0.381 e. The third kappa shape index (κ3) is 4.22. The van der Waals surface area contributed by atoms with Crippen LogP contribution in [0.2, 0.25) is 0 Å². The van der Waals surface area contributed by atoms with Crippen molar-refractivity contribution < 1.29 is 9.53 Å². The molecule has 3 saturated heterocycles. The Hall–Kier alpha value is -1.39. The summed E-state index contributed by atoms with van der Waals surface area (Å²) in [7, 11) is 2.22. The molecule has 0 spiro atoms. The van der Waals surface area contributed by atoms with Crippen LogP contribution in [0.25, 0.3) is 0 Å². The van der Waals surface area contributed by atoms with Crippen molar-refractivity contribution in [2.24, 2.45) is 5.41 Å². The van der Waals surface area contributed by atoms with Crippen LogP contribution in [0, 0.1) is 5.41 Å². The summed E-state index contributed by atoms with van der Waals surface area (Å²) in [5.74, 6) is 1.01. The first kappa shape index (κ1) is 18.9. The molecule has 1 aromatic carbocycles. The predicted molar refractivity (Wildman–Crippen MR) is 108 cm³/mol. The zero-order valence-corrected chi connectivity index (χ0v) is 16.8. The molecule has 3 fully saturated rings. The molecular weight excluding hydrogens is 336 g/mol. The first-order valence-electron chi connectivity index (χ1n) is 10.8. The van der Waals surface area contributed by atoms with E-state index >= 15 is 0 Å². The van der Waals surface area contributed by atoms with Gasteiger partial charge in [0.2, 0.25) is 5.91 Å². The Labute approximate surface area is 163 Å². The lowest BCUT2D eigenvalue weighted by Crippen LogP contribution is -2.47. The van der Waals surface area contributed by atoms with E-state index in [9.17, 15) is 4.79 Å². The second-order valence-electron chi connectivity index (χ2n) is 8.92. The zero-order valence-electron chi connectivity index (χ0n) is 16.8. The highest BCUT2D eigenvalue weighted by Gasteiger charge is 2.43. The summed E-state index contributed by atoms with van der Waals surface area (Å²) < 4.78 is 5.63. The number of ether oxygens (including phenoxy) is 1. The maximum absolute atomic E-state index is 13.4. The summed E-state index contributed by atoms with van der Waals surface area (Å²) in [6, 6.07) is 9.10. The van der Waals surface area contributed by atoms with Crippen LogP contribution in [-0.2, 0) is 16.0 Å². The highest BCUT2D eigenvalue weighted by molar-refractivity contribution is 5.83. The van der Waals surface area contributed by atoms with Crippen molar-refractivity contribution in [1.82, 2.24) is 9.80 Å². The molecule has 4 rings (SSSR count). The third-order valence-corrected chi connectivity index (χ3v) is 6.89. The molecule has 0 unspecified atom stereocenters. The number of benzene rings is 1. The van der Waals surface area contributed by atoms with Gasteiger partial charge in [0.15, 0.2) is 0 Å². The molecule has 3 aliphatic rings. The lowest BCUT2D eigenvalue weighted by atomic mass is 9.73. The molecule has 4 heteroatoms. The number of hydrogen-bond acceptors (Lipinski definition) is 3. The lowest BCUT2D eigenvalue weighted by Gasteiger charge is -2.39. The van der Waals surface area contributed by atoms with Crippen molar-refractivity contribution in [2.45, 2.75) is 50.9 Å². The Morgan fingerprint density at radius 3 is 2.67 bits per heavy atom. The van der Waals surface area contributed by atoms with Crippen molar-refractivity contribution in [1.29, 1.82) is 0 Å². The van der Waals surface area contributed by atoms with Crippen LogP contribution >= 0.6 is 0 Å². The molecule has 0 radical (unpaired) electrons. The van der Waals surface area contributed by atoms with Crippen molar-refractivity contribution in [3.8, 4) is 0 Å². The van der Waals surface area contributed by atoms with Crippen molar-refractivity contribution in [3.05, 3.63) is 35.4 Å². The number of likely N-dealkylation sites (tertiary alicyclic amines) is 2. The van der Waals surface area contributed by atoms with Gasteiger partial charge in [0.05, 0.1) is 5.41 Å². The topological polar surface area (TPSA) is 32.8 Å². The summed E-state index contributed by atoms with van der Waals surface area (Å²) in [4.78, 5) is 18.0. The second kappa shape index (κ2) is 8.32. The monoisotopic (exact) mass is 370 g/mol. The van der Waals surface area contributed by atoms with E-state index < -0.39 is 0 Å². The molecule has 1 aromatic rings. The Balaban J connectivity index is 1.54. The van der Waals surface area contributed by atoms with Crippen LogP contribution in [0.4, 0.5) is 0 Å². The highest BCUT2D eigenvalue weighted by atomic mass is 16.5. The van der Waals surface area contributed by atoms with Crippen molar-refractivity contribution in [3.63, 3.8) is 0 Å². The first-order valence-corrected chi connectivity index (χ1v) is 10.8. The van der Waals surface area contributed by atoms with E-state index in [0.29, 0.717) is 25.0 Å². The second-order valence-corrected chi connectivity index (χ2v) is 8.92. The van der Waals surface area contributed by atoms with E-state index in [1.165, 1.54) is 30.5 Å². The van der Waals surface area contributed by atoms with Gasteiger partial charge in [-0.2, -0.15) is 0 Å². The fourth-order valence-electron chi connectivity index (χ4n) is 5.27. The van der Waals surface area contributed by atoms with Gasteiger partial charge in [0, 0.05) is 32.8 Å². The zero-order chi connectivity index (χ0) is 18.7. The van der Waals surface area contributed by atoms with E-state index in [2.05, 4.69) is 41.1 Å². The van der Waals surface area contributed by atoms with E-state index in [-0.39, 0.29) is 5.41 Å². The summed E-state index contributed by atoms with van der Waals surface area (Å²) in [6.45, 7) is 5.67. The molecule has 0 aliphatic carbocycles. The minimum atomic E-state index is -0.259. The fourth-order valence-corrected chi connectivity index (χ4v) is 5.27. The number of likely N-dealkylation sites (N-methyl/N-ethyl adjacent to an activating group) is 1. The Kier molecular flexibility index (Phi) is 5.84. The normalized spacial score (nSPS) is 26.3. The average Bonchev–Trinajstić information content (AvgIpc) is 3.23. The molecule has 0 N–H and O–H groups in total. The number of carbonyl (C=O) groups is 1. The summed E-state index contributed by atoms with van der Waals surface area (Å²) in [5.41, 5.74) is 2.52. The number of piperidine rings is 1. The number of amides is 1. The summed E-state index contributed by atoms with van der Waals surface area (Å²) in [5, 5.41) is 0. The first-order chi connectivity index (χ1) is 13.2. The quantitative estimate of drug-likeness (QED) is 0.814. The Morgan fingerprint density at radius 2 is 1.93 bits per heavy atom. The van der Waals surface area contributed by atoms with Gasteiger partial charge in [-0.1, -0.05) is 24.3 Å². The highest BCUT2D eigenvalue weighted by Crippen LogP contribution is 2.38. The molecule has 148 valence electrons. The molecule has 27 heavy (non-hydrogen) atoms. The molecule has 4 nitrogen and oxygen atoms in total. The van der Waals surface area contributed by atoms with Gasteiger partial charge in [-0.3, -0.25) is 4.79 Å². The summed E-state index contributed by atoms with van der Waals surface area (Å²) in [6.07, 6.45) is 7.45. The Bertz CT molecular complexity index is 648.